The smallest absolute Gasteiger partial charge is 0.303 e. The molecule has 0 heterocycles. The summed E-state index contributed by atoms with van der Waals surface area (Å²) in [5, 5.41) is 19.5. The van der Waals surface area contributed by atoms with E-state index in [9.17, 15) is 9.90 Å². The van der Waals surface area contributed by atoms with Crippen molar-refractivity contribution in [2.45, 2.75) is 97.2 Å². The predicted octanol–water partition coefficient (Wildman–Crippen LogP) is 5.13. The van der Waals surface area contributed by atoms with E-state index >= 15 is 0 Å². The fourth-order valence-corrected chi connectivity index (χ4v) is 8.95. The Kier molecular flexibility index (Phi) is 5.83. The average molecular weight is 407 g/mol. The molecule has 0 amide bonds. The van der Waals surface area contributed by atoms with E-state index in [0.717, 1.165) is 32.1 Å². The van der Waals surface area contributed by atoms with Crippen LogP contribution in [0.25, 0.3) is 0 Å². The maximum atomic E-state index is 11.1. The second-order valence-electron chi connectivity index (χ2n) is 11.6. The quantitative estimate of drug-likeness (QED) is 0.664. The molecule has 166 valence electrons. The molecule has 4 aliphatic carbocycles. The van der Waals surface area contributed by atoms with Crippen molar-refractivity contribution in [2.24, 2.45) is 46.3 Å². The highest BCUT2D eigenvalue weighted by Gasteiger charge is 2.63. The van der Waals surface area contributed by atoms with Gasteiger partial charge >= 0.3 is 5.97 Å². The second kappa shape index (κ2) is 7.82. The topological polar surface area (TPSA) is 66.8 Å². The highest BCUT2D eigenvalue weighted by Crippen LogP contribution is 2.68. The summed E-state index contributed by atoms with van der Waals surface area (Å²) >= 11 is 0. The lowest BCUT2D eigenvalue weighted by molar-refractivity contribution is -0.181. The number of aliphatic hydroxyl groups excluding tert-OH is 1. The fourth-order valence-electron chi connectivity index (χ4n) is 8.95. The Morgan fingerprint density at radius 2 is 1.76 bits per heavy atom. The van der Waals surface area contributed by atoms with Crippen LogP contribution in [0, 0.1) is 46.3 Å². The second-order valence-corrected chi connectivity index (χ2v) is 11.6. The number of carbonyl (C=O) groups is 1. The molecule has 4 saturated carbocycles. The van der Waals surface area contributed by atoms with Crippen molar-refractivity contribution in [1.29, 1.82) is 0 Å². The lowest BCUT2D eigenvalue weighted by Gasteiger charge is -2.63. The fraction of sp³-hybridized carbons (Fsp3) is 0.960. The maximum Gasteiger partial charge on any atom is 0.303 e. The zero-order valence-corrected chi connectivity index (χ0v) is 18.9. The van der Waals surface area contributed by atoms with E-state index in [0.29, 0.717) is 58.9 Å². The lowest BCUT2D eigenvalue weighted by atomic mass is 9.43. The first-order valence-corrected chi connectivity index (χ1v) is 12.1. The van der Waals surface area contributed by atoms with E-state index in [4.69, 9.17) is 9.84 Å². The molecule has 4 fully saturated rings. The molecular formula is C25H42O4. The van der Waals surface area contributed by atoms with Crippen LogP contribution in [-0.2, 0) is 9.53 Å². The van der Waals surface area contributed by atoms with Crippen molar-refractivity contribution >= 4 is 5.97 Å². The van der Waals surface area contributed by atoms with Crippen LogP contribution in [0.3, 0.4) is 0 Å². The molecule has 0 radical (unpaired) electrons. The van der Waals surface area contributed by atoms with E-state index < -0.39 is 5.97 Å². The summed E-state index contributed by atoms with van der Waals surface area (Å²) in [5.41, 5.74) is 0.681. The van der Waals surface area contributed by atoms with Gasteiger partial charge in [-0.1, -0.05) is 20.8 Å². The number of rotatable bonds is 5. The van der Waals surface area contributed by atoms with Crippen LogP contribution in [0.1, 0.15) is 85.0 Å². The van der Waals surface area contributed by atoms with Crippen molar-refractivity contribution in [2.75, 3.05) is 7.11 Å². The first kappa shape index (κ1) is 21.6. The van der Waals surface area contributed by atoms with Crippen LogP contribution >= 0.6 is 0 Å². The molecule has 0 aromatic heterocycles. The van der Waals surface area contributed by atoms with Crippen LogP contribution in [0.5, 0.6) is 0 Å². The number of hydrogen-bond acceptors (Lipinski definition) is 3. The number of carboxylic acids is 1. The minimum Gasteiger partial charge on any atom is -0.481 e. The average Bonchev–Trinajstić information content (AvgIpc) is 3.03. The molecule has 0 aliphatic heterocycles. The number of methoxy groups -OCH3 is 1. The number of fused-ring (bicyclic) bond motifs is 5. The Bertz CT molecular complexity index is 620. The SMILES string of the molecule is CO[C@H]1C[C@@H]2C[C@H](O)CC[C@]2(C)[C@H]2CC[C@]3(C)[C@@H]([C@H](C)CCC(=O)O)CC[C@H]3[C@H]12. The first-order chi connectivity index (χ1) is 13.7. The number of carboxylic acid groups (broad SMARTS) is 1. The third kappa shape index (κ3) is 3.46. The molecule has 0 saturated heterocycles. The predicted molar refractivity (Wildman–Crippen MR) is 113 cm³/mol. The molecule has 0 aromatic carbocycles. The van der Waals surface area contributed by atoms with E-state index in [-0.39, 0.29) is 6.10 Å². The van der Waals surface area contributed by atoms with E-state index in [1.165, 1.54) is 25.7 Å². The Morgan fingerprint density at radius 3 is 2.45 bits per heavy atom. The van der Waals surface area contributed by atoms with E-state index in [1.54, 1.807) is 0 Å². The molecule has 0 unspecified atom stereocenters. The summed E-state index contributed by atoms with van der Waals surface area (Å²) in [4.78, 5) is 11.1. The van der Waals surface area contributed by atoms with E-state index in [1.807, 2.05) is 7.11 Å². The van der Waals surface area contributed by atoms with Crippen molar-refractivity contribution in [3.63, 3.8) is 0 Å². The highest BCUT2D eigenvalue weighted by atomic mass is 16.5. The van der Waals surface area contributed by atoms with Gasteiger partial charge < -0.3 is 14.9 Å². The zero-order valence-electron chi connectivity index (χ0n) is 18.9. The van der Waals surface area contributed by atoms with Crippen molar-refractivity contribution in [3.8, 4) is 0 Å². The van der Waals surface area contributed by atoms with Crippen LogP contribution in [0.15, 0.2) is 0 Å². The standard InChI is InChI=1S/C25H42O4/c1-15(5-8-22(27)28)18-6-7-19-23-20(10-12-25(18,19)3)24(2)11-9-17(26)13-16(24)14-21(23)29-4/h15-21,23,26H,5-14H2,1-4H3,(H,27,28)/t15-,16+,17-,18-,19+,20+,21+,23+,24+,25-/m1/s1. The molecule has 4 rings (SSSR count). The van der Waals surface area contributed by atoms with Crippen LogP contribution in [0.4, 0.5) is 0 Å². The number of aliphatic carboxylic acids is 1. The largest absolute Gasteiger partial charge is 0.481 e. The van der Waals surface area contributed by atoms with Gasteiger partial charge in [-0.2, -0.15) is 0 Å². The van der Waals surface area contributed by atoms with Gasteiger partial charge in [-0.3, -0.25) is 4.79 Å². The summed E-state index contributed by atoms with van der Waals surface area (Å²) < 4.78 is 6.16. The van der Waals surface area contributed by atoms with Gasteiger partial charge in [0.25, 0.3) is 0 Å². The van der Waals surface area contributed by atoms with Gasteiger partial charge in [0.15, 0.2) is 0 Å². The third-order valence-corrected chi connectivity index (χ3v) is 10.5. The summed E-state index contributed by atoms with van der Waals surface area (Å²) in [6.45, 7) is 7.34. The van der Waals surface area contributed by atoms with Crippen molar-refractivity contribution in [1.82, 2.24) is 0 Å². The van der Waals surface area contributed by atoms with Crippen molar-refractivity contribution < 1.29 is 19.7 Å². The summed E-state index contributed by atoms with van der Waals surface area (Å²) in [6.07, 6.45) is 10.6. The van der Waals surface area contributed by atoms with Gasteiger partial charge in [0.2, 0.25) is 0 Å². The third-order valence-electron chi connectivity index (χ3n) is 10.5. The molecule has 29 heavy (non-hydrogen) atoms. The molecular weight excluding hydrogens is 364 g/mol. The summed E-state index contributed by atoms with van der Waals surface area (Å²) in [7, 11) is 1.90. The van der Waals surface area contributed by atoms with Gasteiger partial charge in [0.1, 0.15) is 0 Å². The monoisotopic (exact) mass is 406 g/mol. The van der Waals surface area contributed by atoms with Gasteiger partial charge in [-0.25, -0.2) is 0 Å². The van der Waals surface area contributed by atoms with Crippen LogP contribution in [0.2, 0.25) is 0 Å². The number of ether oxygens (including phenoxy) is 1. The molecule has 0 bridgehead atoms. The van der Waals surface area contributed by atoms with Crippen LogP contribution < -0.4 is 0 Å². The molecule has 2 N–H and O–H groups in total. The lowest BCUT2D eigenvalue weighted by Crippen LogP contribution is -2.59. The highest BCUT2D eigenvalue weighted by molar-refractivity contribution is 5.66. The summed E-state index contributed by atoms with van der Waals surface area (Å²) in [5.74, 6) is 3.10. The molecule has 4 heteroatoms. The first-order valence-electron chi connectivity index (χ1n) is 12.1. The molecule has 10 atom stereocenters. The molecule has 0 aromatic rings. The van der Waals surface area contributed by atoms with Crippen molar-refractivity contribution in [3.05, 3.63) is 0 Å². The Hall–Kier alpha value is -0.610. The normalized spacial score (nSPS) is 50.3. The minimum absolute atomic E-state index is 0.123. The Labute approximate surface area is 176 Å². The Balaban J connectivity index is 1.58. The van der Waals surface area contributed by atoms with Gasteiger partial charge in [-0.05, 0) is 104 Å². The van der Waals surface area contributed by atoms with Gasteiger partial charge in [0.05, 0.1) is 12.2 Å². The van der Waals surface area contributed by atoms with Gasteiger partial charge in [-0.15, -0.1) is 0 Å². The number of hydrogen-bond donors (Lipinski definition) is 2. The Morgan fingerprint density at radius 1 is 1.07 bits per heavy atom. The maximum absolute atomic E-state index is 11.1. The molecule has 4 aliphatic rings. The zero-order chi connectivity index (χ0) is 21.0. The number of aliphatic hydroxyl groups is 1. The minimum atomic E-state index is -0.662. The molecule has 0 spiro atoms. The summed E-state index contributed by atoms with van der Waals surface area (Å²) in [6, 6.07) is 0. The van der Waals surface area contributed by atoms with E-state index in [2.05, 4.69) is 20.8 Å². The molecule has 4 nitrogen and oxygen atoms in total. The van der Waals surface area contributed by atoms with Crippen LogP contribution in [-0.4, -0.2) is 35.5 Å². The van der Waals surface area contributed by atoms with Gasteiger partial charge in [0, 0.05) is 13.5 Å².